The van der Waals surface area contributed by atoms with E-state index in [0.717, 1.165) is 79.4 Å². The van der Waals surface area contributed by atoms with Crippen molar-refractivity contribution in [2.75, 3.05) is 64.1 Å². The fraction of sp³-hybridized carbons (Fsp3) is 0.782. The maximum Gasteiger partial charge on any atom is 0.274 e. The van der Waals surface area contributed by atoms with Crippen molar-refractivity contribution in [3.8, 4) is 0 Å². The smallest absolute Gasteiger partial charge is 0.274 e. The molecule has 2 saturated heterocycles. The Hall–Kier alpha value is -5.95. The van der Waals surface area contributed by atoms with Gasteiger partial charge in [0.2, 0.25) is 23.6 Å². The van der Waals surface area contributed by atoms with Crippen LogP contribution in [0.1, 0.15) is 272 Å². The highest BCUT2D eigenvalue weighted by Gasteiger charge is 2.50. The van der Waals surface area contributed by atoms with Gasteiger partial charge in [0, 0.05) is 75.5 Å². The van der Waals surface area contributed by atoms with Crippen LogP contribution in [0.25, 0.3) is 22.3 Å². The predicted octanol–water partition coefficient (Wildman–Crippen LogP) is 2.34. The zero-order chi connectivity index (χ0) is 99.7. The van der Waals surface area contributed by atoms with Gasteiger partial charge in [-0.05, 0) is 12.8 Å². The number of nitrogen functional groups attached to an aromatic ring is 2. The lowest BCUT2D eigenvalue weighted by atomic mass is 9.87. The molecule has 4 aromatic heterocycles. The molecular weight excluding hydrogens is 1890 g/mol. The zero-order valence-electron chi connectivity index (χ0n) is 76.2. The molecule has 0 aromatic carbocycles. The van der Waals surface area contributed by atoms with Crippen LogP contribution in [-0.4, -0.2) is 213 Å². The Balaban J connectivity index is 0.000000474. The second-order valence-electron chi connectivity index (χ2n) is 34.1. The Morgan fingerprint density at radius 2 is 0.761 bits per heavy atom. The summed E-state index contributed by atoms with van der Waals surface area (Å²) in [5, 5.41) is 62.8. The van der Waals surface area contributed by atoms with Crippen molar-refractivity contribution in [1.29, 1.82) is 0 Å². The summed E-state index contributed by atoms with van der Waals surface area (Å²) < 4.78 is 122. The minimum Gasteiger partial charge on any atom is -0.790 e. The molecule has 50 nitrogen and oxygen atoms in total. The molecule has 2 aliphatic rings. The number of hydrogen-bond donors (Lipinski definition) is 11. The lowest BCUT2D eigenvalue weighted by molar-refractivity contribution is -0.348. The Labute approximate surface area is 777 Å². The Morgan fingerprint density at radius 3 is 1.12 bits per heavy atom. The molecule has 6 heterocycles. The molecular formula is C78H130N14O36P6-8. The number of aliphatic hydroxyl groups excluding tert-OH is 5. The van der Waals surface area contributed by atoms with E-state index in [0.29, 0.717) is 12.8 Å². The summed E-state index contributed by atoms with van der Waals surface area (Å²) in [5.41, 5.74) is 8.10. The van der Waals surface area contributed by atoms with E-state index < -0.39 is 175 Å². The van der Waals surface area contributed by atoms with E-state index in [1.54, 1.807) is 0 Å². The molecule has 4 amide bonds. The quantitative estimate of drug-likeness (QED) is 0.0172. The number of aromatic nitrogens is 8. The number of anilines is 2. The number of aliphatic hydroxyl groups is 5. The molecule has 15 unspecified atom stereocenters. The fourth-order valence-electron chi connectivity index (χ4n) is 14.1. The van der Waals surface area contributed by atoms with Crippen LogP contribution >= 0.6 is 46.9 Å². The lowest BCUT2D eigenvalue weighted by Gasteiger charge is -2.36. The van der Waals surface area contributed by atoms with Gasteiger partial charge in [-0.15, -0.1) is 0 Å². The highest BCUT2D eigenvalue weighted by Crippen LogP contribution is 2.58. The third-order valence-corrected chi connectivity index (χ3v) is 27.6. The lowest BCUT2D eigenvalue weighted by Crippen LogP contribution is -2.46. The van der Waals surface area contributed by atoms with Crippen LogP contribution in [0.5, 0.6) is 0 Å². The molecule has 0 bridgehead atoms. The number of nitrogens with one attached hydrogen (secondary N) is 4. The van der Waals surface area contributed by atoms with Gasteiger partial charge in [0.15, 0.2) is 35.4 Å². The molecule has 0 saturated carbocycles. The van der Waals surface area contributed by atoms with Gasteiger partial charge in [0.1, 0.15) is 89.9 Å². The second-order valence-corrected chi connectivity index (χ2v) is 42.3. The molecule has 6 rings (SSSR count). The van der Waals surface area contributed by atoms with Crippen molar-refractivity contribution >= 4 is 122 Å². The maximum absolute atomic E-state index is 12.6. The number of amides is 4. The number of imidazole rings is 2. The van der Waals surface area contributed by atoms with Crippen molar-refractivity contribution in [3.63, 3.8) is 0 Å². The summed E-state index contributed by atoms with van der Waals surface area (Å²) in [6.45, 7) is 4.05. The Morgan fingerprint density at radius 1 is 0.440 bits per heavy atom. The number of carbonyl (C=O) groups is 7. The summed E-state index contributed by atoms with van der Waals surface area (Å²) in [7, 11) is -35.3. The van der Waals surface area contributed by atoms with Crippen molar-refractivity contribution in [2.24, 2.45) is 10.8 Å². The van der Waals surface area contributed by atoms with Crippen molar-refractivity contribution in [2.45, 2.75) is 327 Å². The van der Waals surface area contributed by atoms with Crippen LogP contribution in [0, 0.1) is 10.8 Å². The molecule has 2 fully saturated rings. The highest BCUT2D eigenvalue weighted by molar-refractivity contribution is 7.60. The Bertz CT molecular complexity index is 4620. The van der Waals surface area contributed by atoms with E-state index >= 15 is 0 Å². The predicted molar refractivity (Wildman–Crippen MR) is 462 cm³/mol. The first kappa shape index (κ1) is 119. The topological polar surface area (TPSA) is 787 Å². The minimum absolute atomic E-state index is 0.00380. The average molecular weight is 2030 g/mol. The van der Waals surface area contributed by atoms with Crippen LogP contribution < -0.4 is 71.9 Å². The highest BCUT2D eigenvalue weighted by atomic mass is 31.3. The molecule has 4 aromatic rings. The third kappa shape index (κ3) is 44.7. The van der Waals surface area contributed by atoms with Crippen LogP contribution in [0.3, 0.4) is 0 Å². The van der Waals surface area contributed by atoms with Gasteiger partial charge in [-0.25, -0.2) is 38.5 Å². The molecule has 0 radical (unpaired) electrons. The van der Waals surface area contributed by atoms with Gasteiger partial charge >= 0.3 is 0 Å². The van der Waals surface area contributed by atoms with Gasteiger partial charge in [-0.2, -0.15) is 0 Å². The monoisotopic (exact) mass is 2020 g/mol. The number of rotatable bonds is 70. The number of fused-ring (bicyclic) bond motifs is 2. The largest absolute Gasteiger partial charge is 0.790 e. The average Bonchev–Trinajstić information content (AvgIpc) is 1.62. The zero-order valence-corrected chi connectivity index (χ0v) is 81.5. The van der Waals surface area contributed by atoms with Gasteiger partial charge < -0.3 is 143 Å². The van der Waals surface area contributed by atoms with Gasteiger partial charge in [0.05, 0.1) is 67.3 Å². The number of nitrogens with zero attached hydrogens (tertiary/aromatic N) is 8. The van der Waals surface area contributed by atoms with Crippen molar-refractivity contribution in [1.82, 2.24) is 60.3 Å². The first-order valence-electron chi connectivity index (χ1n) is 44.8. The number of phosphoric acid groups is 6. The van der Waals surface area contributed by atoms with Gasteiger partial charge in [0.25, 0.3) is 31.3 Å². The van der Waals surface area contributed by atoms with Crippen LogP contribution in [0.4, 0.5) is 11.6 Å². The summed E-state index contributed by atoms with van der Waals surface area (Å²) in [6, 6.07) is 0. The summed E-state index contributed by atoms with van der Waals surface area (Å²) in [5.74, 6) is -3.97. The van der Waals surface area contributed by atoms with E-state index in [9.17, 15) is 126 Å². The van der Waals surface area contributed by atoms with Crippen molar-refractivity contribution < 1.29 is 171 Å². The van der Waals surface area contributed by atoms with E-state index in [-0.39, 0.29) is 116 Å². The van der Waals surface area contributed by atoms with Gasteiger partial charge in [-0.3, -0.25) is 61.0 Å². The third-order valence-electron chi connectivity index (χ3n) is 21.6. The van der Waals surface area contributed by atoms with Crippen LogP contribution in [0.2, 0.25) is 0 Å². The number of ketones is 3. The minimum atomic E-state index is -5.94. The van der Waals surface area contributed by atoms with Gasteiger partial charge in [-0.1, -0.05) is 202 Å². The fourth-order valence-corrected chi connectivity index (χ4v) is 19.6. The standard InChI is InChI=1S/C39H70N7O18P3.C39H68N7O18P3/c2*1-4-5-6-7-8-9-10-11-12-13-14-15-16-17-27(47)22-28(48)18-20-41-30(49)19-21-42-37(52)34(51)39(2,3)24-61-67(58,59)64-66(56,57)60-23-29-33(63-65(53,54)55)32(50)38(62-29)46-26-45-31-35(40)43-25-44-36(31)46/h25-27,29,32-34,38,47,50-51H,4-24H2,1-3H3,(H,41,49)(H,42,52)(H,56,57)(H,58,59)(H2,40,43,44)(H2,53,54,55);25-26,29,32-34,38,50-51H,4-24H2,1-3H3,(H,41,49)(H,42,52)(H,56,57)(H,58,59)(H2,40,43,44)(H2,53,54,55)/p-8. The Kier molecular flexibility index (Phi) is 51.6. The molecule has 2 aliphatic heterocycles. The number of phosphoric ester groups is 6. The van der Waals surface area contributed by atoms with Crippen molar-refractivity contribution in [3.05, 3.63) is 25.3 Å². The van der Waals surface area contributed by atoms with E-state index in [4.69, 9.17) is 20.9 Å². The summed E-state index contributed by atoms with van der Waals surface area (Å²) >= 11 is 0. The number of hydrogen-bond acceptors (Lipinski definition) is 44. The number of Topliss-reactive ketones (excluding diaryl/α,β-unsaturated/α-hetero) is 3. The first-order valence-corrected chi connectivity index (χ1v) is 53.5. The molecule has 15 atom stereocenters. The number of unbranched alkanes of at least 4 members (excludes halogenated alkanes) is 24. The molecule has 0 spiro atoms. The normalized spacial score (nSPS) is 20.3. The van der Waals surface area contributed by atoms with Crippen LogP contribution in [-0.2, 0) is 106 Å². The van der Waals surface area contributed by atoms with E-state index in [1.807, 2.05) is 0 Å². The number of nitrogens with two attached hydrogens (primary N) is 2. The molecule has 13 N–H and O–H groups in total. The summed E-state index contributed by atoms with van der Waals surface area (Å²) in [6.07, 6.45) is 15.5. The van der Waals surface area contributed by atoms with E-state index in [2.05, 4.69) is 101 Å². The SMILES string of the molecule is CCCCCCCCCCCCCCCC(=O)CC(=O)CCNC(=O)CCNC(=O)C(O)C(C)(C)COP(=O)([O-])OP(=O)([O-])OCC1OC(n2cnc3c(N)ncnc32)C(O)C1OP(=O)([O-])[O-].CCCCCCCCCCCCCCCC(O)CC(=O)CCNC(=O)CCNC(=O)C(O)C(C)(C)COP(=O)([O-])OP(=O)([O-])OCC1OC(n2cnc3c(N)ncnc32)C(O)C1OP(=O)([O-])[O-]. The molecule has 56 heteroatoms. The first-order chi connectivity index (χ1) is 62.9. The van der Waals surface area contributed by atoms with Crippen LogP contribution in [0.15, 0.2) is 25.3 Å². The number of ether oxygens (including phenoxy) is 2. The van der Waals surface area contributed by atoms with E-state index in [1.165, 1.54) is 150 Å². The maximum atomic E-state index is 12.6. The number of carbonyl (C=O) groups excluding carboxylic acids is 7. The molecule has 766 valence electrons. The molecule has 134 heavy (non-hydrogen) atoms. The second kappa shape index (κ2) is 58.3. The molecule has 0 aliphatic carbocycles. The summed E-state index contributed by atoms with van der Waals surface area (Å²) in [4.78, 5) is 206.